The van der Waals surface area contributed by atoms with E-state index in [0.29, 0.717) is 17.1 Å². The van der Waals surface area contributed by atoms with Crippen molar-refractivity contribution in [1.29, 1.82) is 0 Å². The van der Waals surface area contributed by atoms with E-state index in [1.807, 2.05) is 50.2 Å². The highest BCUT2D eigenvalue weighted by molar-refractivity contribution is 6.01. The number of hydrogen-bond acceptors (Lipinski definition) is 5. The molecule has 1 aliphatic heterocycles. The lowest BCUT2D eigenvalue weighted by molar-refractivity contribution is 0.0954. The van der Waals surface area contributed by atoms with Gasteiger partial charge in [-0.25, -0.2) is 5.43 Å². The molecule has 1 heterocycles. The van der Waals surface area contributed by atoms with E-state index in [1.165, 1.54) is 0 Å². The van der Waals surface area contributed by atoms with Crippen LogP contribution in [-0.2, 0) is 0 Å². The van der Waals surface area contributed by atoms with Crippen molar-refractivity contribution in [3.05, 3.63) is 53.6 Å². The Kier molecular flexibility index (Phi) is 4.37. The van der Waals surface area contributed by atoms with E-state index in [1.54, 1.807) is 18.2 Å². The average molecular weight is 325 g/mol. The van der Waals surface area contributed by atoms with Crippen LogP contribution in [0.4, 0.5) is 5.69 Å². The molecular formula is C18H19N3O3. The van der Waals surface area contributed by atoms with E-state index >= 15 is 0 Å². The molecule has 1 aliphatic rings. The molecule has 0 fully saturated rings. The molecule has 0 saturated carbocycles. The Balaban J connectivity index is 1.69. The maximum Gasteiger partial charge on any atom is 0.271 e. The maximum absolute atomic E-state index is 12.2. The highest BCUT2D eigenvalue weighted by Crippen LogP contribution is 2.32. The van der Waals surface area contributed by atoms with Gasteiger partial charge in [0.25, 0.3) is 5.91 Å². The van der Waals surface area contributed by atoms with Gasteiger partial charge in [0.2, 0.25) is 6.79 Å². The summed E-state index contributed by atoms with van der Waals surface area (Å²) in [4.78, 5) is 14.2. The summed E-state index contributed by atoms with van der Waals surface area (Å²) < 4.78 is 10.5. The third kappa shape index (κ3) is 3.32. The monoisotopic (exact) mass is 325 g/mol. The largest absolute Gasteiger partial charge is 0.454 e. The predicted octanol–water partition coefficient (Wildman–Crippen LogP) is 2.64. The molecule has 0 radical (unpaired) electrons. The lowest BCUT2D eigenvalue weighted by Gasteiger charge is -2.12. The summed E-state index contributed by atoms with van der Waals surface area (Å²) >= 11 is 0. The van der Waals surface area contributed by atoms with Gasteiger partial charge in [-0.2, -0.15) is 5.10 Å². The van der Waals surface area contributed by atoms with Crippen LogP contribution >= 0.6 is 0 Å². The van der Waals surface area contributed by atoms with E-state index in [-0.39, 0.29) is 12.7 Å². The minimum atomic E-state index is -0.294. The average Bonchev–Trinajstić information content (AvgIpc) is 3.07. The summed E-state index contributed by atoms with van der Waals surface area (Å²) in [5.41, 5.74) is 5.83. The van der Waals surface area contributed by atoms with Crippen molar-refractivity contribution in [2.45, 2.75) is 6.92 Å². The van der Waals surface area contributed by atoms with Crippen LogP contribution in [0.2, 0.25) is 0 Å². The zero-order valence-corrected chi connectivity index (χ0v) is 13.9. The molecule has 0 saturated heterocycles. The molecule has 24 heavy (non-hydrogen) atoms. The molecule has 0 spiro atoms. The number of carbonyl (C=O) groups excluding carboxylic acids is 1. The van der Waals surface area contributed by atoms with E-state index in [4.69, 9.17) is 9.47 Å². The first-order chi connectivity index (χ1) is 11.5. The minimum Gasteiger partial charge on any atom is -0.454 e. The molecule has 1 amide bonds. The van der Waals surface area contributed by atoms with Crippen molar-refractivity contribution >= 4 is 17.3 Å². The van der Waals surface area contributed by atoms with Crippen LogP contribution in [0.15, 0.2) is 47.6 Å². The number of hydrazone groups is 1. The van der Waals surface area contributed by atoms with E-state index in [9.17, 15) is 4.79 Å². The SMILES string of the molecule is CC(=NNC(=O)c1ccc2c(c1)OCO2)c1ccc(N(C)C)cc1. The Morgan fingerprint density at radius 1 is 1.04 bits per heavy atom. The summed E-state index contributed by atoms with van der Waals surface area (Å²) in [7, 11) is 3.98. The van der Waals surface area contributed by atoms with Crippen LogP contribution in [0.1, 0.15) is 22.8 Å². The summed E-state index contributed by atoms with van der Waals surface area (Å²) in [5, 5.41) is 4.17. The van der Waals surface area contributed by atoms with Gasteiger partial charge in [0.1, 0.15) is 0 Å². The highest BCUT2D eigenvalue weighted by Gasteiger charge is 2.16. The van der Waals surface area contributed by atoms with Crippen LogP contribution < -0.4 is 19.8 Å². The van der Waals surface area contributed by atoms with Gasteiger partial charge in [-0.1, -0.05) is 12.1 Å². The van der Waals surface area contributed by atoms with E-state index < -0.39 is 0 Å². The van der Waals surface area contributed by atoms with Gasteiger partial charge in [0, 0.05) is 25.3 Å². The Bertz CT molecular complexity index is 783. The normalized spacial score (nSPS) is 12.9. The van der Waals surface area contributed by atoms with Crippen molar-refractivity contribution in [2.75, 3.05) is 25.8 Å². The number of benzene rings is 2. The second-order valence-electron chi connectivity index (χ2n) is 5.65. The van der Waals surface area contributed by atoms with E-state index in [2.05, 4.69) is 10.5 Å². The fraction of sp³-hybridized carbons (Fsp3) is 0.222. The molecule has 0 aliphatic carbocycles. The maximum atomic E-state index is 12.2. The molecule has 6 nitrogen and oxygen atoms in total. The quantitative estimate of drug-likeness (QED) is 0.693. The highest BCUT2D eigenvalue weighted by atomic mass is 16.7. The molecule has 0 bridgehead atoms. The van der Waals surface area contributed by atoms with Crippen LogP contribution in [0.5, 0.6) is 11.5 Å². The number of nitrogens with one attached hydrogen (secondary N) is 1. The summed E-state index contributed by atoms with van der Waals surface area (Å²) in [6.07, 6.45) is 0. The van der Waals surface area contributed by atoms with Crippen molar-refractivity contribution in [2.24, 2.45) is 5.10 Å². The van der Waals surface area contributed by atoms with Gasteiger partial charge in [-0.3, -0.25) is 4.79 Å². The fourth-order valence-electron chi connectivity index (χ4n) is 2.30. The topological polar surface area (TPSA) is 63.2 Å². The van der Waals surface area contributed by atoms with Gasteiger partial charge in [0.05, 0.1) is 5.71 Å². The number of nitrogens with zero attached hydrogens (tertiary/aromatic N) is 2. The first kappa shape index (κ1) is 15.9. The molecule has 124 valence electrons. The lowest BCUT2D eigenvalue weighted by Crippen LogP contribution is -2.19. The third-order valence-electron chi connectivity index (χ3n) is 3.76. The van der Waals surface area contributed by atoms with Crippen molar-refractivity contribution in [1.82, 2.24) is 5.43 Å². The lowest BCUT2D eigenvalue weighted by atomic mass is 10.1. The molecule has 0 atom stereocenters. The molecule has 0 unspecified atom stereocenters. The van der Waals surface area contributed by atoms with Crippen LogP contribution in [0, 0.1) is 0 Å². The van der Waals surface area contributed by atoms with Gasteiger partial charge >= 0.3 is 0 Å². The molecule has 3 rings (SSSR count). The van der Waals surface area contributed by atoms with Crippen LogP contribution in [-0.4, -0.2) is 32.5 Å². The molecule has 0 aromatic heterocycles. The number of anilines is 1. The van der Waals surface area contributed by atoms with Crippen LogP contribution in [0.3, 0.4) is 0 Å². The zero-order valence-electron chi connectivity index (χ0n) is 13.9. The second-order valence-corrected chi connectivity index (χ2v) is 5.65. The molecule has 6 heteroatoms. The summed E-state index contributed by atoms with van der Waals surface area (Å²) in [6.45, 7) is 2.03. The van der Waals surface area contributed by atoms with E-state index in [0.717, 1.165) is 17.0 Å². The Labute approximate surface area is 140 Å². The number of fused-ring (bicyclic) bond motifs is 1. The van der Waals surface area contributed by atoms with Gasteiger partial charge in [-0.05, 0) is 42.8 Å². The second kappa shape index (κ2) is 6.62. The summed E-state index contributed by atoms with van der Waals surface area (Å²) in [6, 6.07) is 13.0. The van der Waals surface area contributed by atoms with Gasteiger partial charge < -0.3 is 14.4 Å². The number of rotatable bonds is 4. The smallest absolute Gasteiger partial charge is 0.271 e. The Morgan fingerprint density at radius 3 is 2.42 bits per heavy atom. The fourth-order valence-corrected chi connectivity index (χ4v) is 2.30. The number of hydrogen-bond donors (Lipinski definition) is 1. The zero-order chi connectivity index (χ0) is 17.1. The van der Waals surface area contributed by atoms with Crippen molar-refractivity contribution in [3.63, 3.8) is 0 Å². The Morgan fingerprint density at radius 2 is 1.71 bits per heavy atom. The number of ether oxygens (including phenoxy) is 2. The van der Waals surface area contributed by atoms with Crippen molar-refractivity contribution in [3.8, 4) is 11.5 Å². The minimum absolute atomic E-state index is 0.181. The first-order valence-corrected chi connectivity index (χ1v) is 7.56. The first-order valence-electron chi connectivity index (χ1n) is 7.56. The molecular weight excluding hydrogens is 306 g/mol. The van der Waals surface area contributed by atoms with Gasteiger partial charge in [-0.15, -0.1) is 0 Å². The molecule has 2 aromatic carbocycles. The summed E-state index contributed by atoms with van der Waals surface area (Å²) in [5.74, 6) is 0.924. The number of carbonyl (C=O) groups is 1. The van der Waals surface area contributed by atoms with Gasteiger partial charge in [0.15, 0.2) is 11.5 Å². The third-order valence-corrected chi connectivity index (χ3v) is 3.76. The van der Waals surface area contributed by atoms with Crippen molar-refractivity contribution < 1.29 is 14.3 Å². The standard InChI is InChI=1S/C18H19N3O3/c1-12(13-4-7-15(8-5-13)21(2)3)19-20-18(22)14-6-9-16-17(10-14)24-11-23-16/h4-10H,11H2,1-3H3,(H,20,22). The number of amides is 1. The molecule has 1 N–H and O–H groups in total. The Hall–Kier alpha value is -3.02. The van der Waals surface area contributed by atoms with Crippen LogP contribution in [0.25, 0.3) is 0 Å². The predicted molar refractivity (Wildman–Crippen MR) is 93.0 cm³/mol. The molecule has 2 aromatic rings.